The van der Waals surface area contributed by atoms with E-state index in [0.717, 1.165) is 5.56 Å². The lowest BCUT2D eigenvalue weighted by molar-refractivity contribution is 0.425. The lowest BCUT2D eigenvalue weighted by Crippen LogP contribution is -2.29. The summed E-state index contributed by atoms with van der Waals surface area (Å²) in [6.45, 7) is 1.73. The van der Waals surface area contributed by atoms with Crippen LogP contribution in [0.5, 0.6) is 0 Å². The zero-order valence-electron chi connectivity index (χ0n) is 8.79. The van der Waals surface area contributed by atoms with Gasteiger partial charge >= 0.3 is 7.12 Å². The van der Waals surface area contributed by atoms with Crippen LogP contribution in [0.2, 0.25) is 0 Å². The molecule has 1 aromatic carbocycles. The molecule has 0 saturated heterocycles. The van der Waals surface area contributed by atoms with Gasteiger partial charge in [0.2, 0.25) is 11.8 Å². The van der Waals surface area contributed by atoms with Crippen LogP contribution in [0, 0.1) is 6.92 Å². The van der Waals surface area contributed by atoms with Crippen molar-refractivity contribution in [1.29, 1.82) is 0 Å². The van der Waals surface area contributed by atoms with Gasteiger partial charge in [-0.05, 0) is 11.0 Å². The average Bonchev–Trinajstić information content (AvgIpc) is 2.64. The van der Waals surface area contributed by atoms with E-state index in [1.807, 2.05) is 6.07 Å². The predicted molar refractivity (Wildman–Crippen MR) is 58.1 cm³/mol. The van der Waals surface area contributed by atoms with Gasteiger partial charge < -0.3 is 14.5 Å². The van der Waals surface area contributed by atoms with Crippen molar-refractivity contribution in [2.24, 2.45) is 0 Å². The van der Waals surface area contributed by atoms with Crippen molar-refractivity contribution in [2.45, 2.75) is 13.3 Å². The lowest BCUT2D eigenvalue weighted by atomic mass is 9.79. The Kier molecular flexibility index (Phi) is 3.03. The van der Waals surface area contributed by atoms with Gasteiger partial charge in [-0.1, -0.05) is 24.3 Å². The molecule has 16 heavy (non-hydrogen) atoms. The van der Waals surface area contributed by atoms with Crippen LogP contribution in [-0.4, -0.2) is 27.4 Å². The van der Waals surface area contributed by atoms with Gasteiger partial charge in [-0.3, -0.25) is 0 Å². The van der Waals surface area contributed by atoms with Gasteiger partial charge in [-0.15, -0.1) is 10.2 Å². The van der Waals surface area contributed by atoms with Crippen LogP contribution in [0.3, 0.4) is 0 Å². The van der Waals surface area contributed by atoms with Crippen LogP contribution >= 0.6 is 0 Å². The fourth-order valence-corrected chi connectivity index (χ4v) is 1.45. The first kappa shape index (κ1) is 10.8. The van der Waals surface area contributed by atoms with Gasteiger partial charge in [-0.2, -0.15) is 0 Å². The zero-order valence-corrected chi connectivity index (χ0v) is 8.79. The molecule has 5 nitrogen and oxygen atoms in total. The molecule has 0 fully saturated rings. The Labute approximate surface area is 92.9 Å². The Morgan fingerprint density at radius 2 is 2.12 bits per heavy atom. The molecule has 0 aliphatic carbocycles. The van der Waals surface area contributed by atoms with E-state index in [2.05, 4.69) is 10.2 Å². The predicted octanol–water partition coefficient (Wildman–Crippen LogP) is -0.351. The van der Waals surface area contributed by atoms with Gasteiger partial charge in [0.1, 0.15) is 0 Å². The van der Waals surface area contributed by atoms with Crippen molar-refractivity contribution in [2.75, 3.05) is 0 Å². The van der Waals surface area contributed by atoms with E-state index < -0.39 is 7.12 Å². The number of rotatable bonds is 3. The van der Waals surface area contributed by atoms with E-state index in [1.54, 1.807) is 25.1 Å². The van der Waals surface area contributed by atoms with Gasteiger partial charge in [0, 0.05) is 6.92 Å². The Bertz CT molecular complexity index is 484. The maximum absolute atomic E-state index is 9.02. The van der Waals surface area contributed by atoms with Crippen LogP contribution in [0.15, 0.2) is 28.7 Å². The first-order valence-corrected chi connectivity index (χ1v) is 4.89. The van der Waals surface area contributed by atoms with E-state index in [0.29, 0.717) is 23.7 Å². The van der Waals surface area contributed by atoms with E-state index in [9.17, 15) is 0 Å². The third kappa shape index (κ3) is 2.47. The molecule has 0 saturated carbocycles. The number of aryl methyl sites for hydroxylation is 1. The second kappa shape index (κ2) is 4.46. The van der Waals surface area contributed by atoms with Crippen LogP contribution in [-0.2, 0) is 6.42 Å². The van der Waals surface area contributed by atoms with Crippen LogP contribution in [0.25, 0.3) is 0 Å². The summed E-state index contributed by atoms with van der Waals surface area (Å²) in [6, 6.07) is 6.97. The average molecular weight is 218 g/mol. The van der Waals surface area contributed by atoms with Gasteiger partial charge in [0.05, 0.1) is 6.42 Å². The molecule has 0 amide bonds. The molecule has 0 bridgehead atoms. The Morgan fingerprint density at radius 1 is 1.31 bits per heavy atom. The Balaban J connectivity index is 2.18. The van der Waals surface area contributed by atoms with Crippen molar-refractivity contribution in [1.82, 2.24) is 10.2 Å². The highest BCUT2D eigenvalue weighted by Crippen LogP contribution is 2.06. The highest BCUT2D eigenvalue weighted by molar-refractivity contribution is 6.58. The highest BCUT2D eigenvalue weighted by Gasteiger charge is 2.11. The van der Waals surface area contributed by atoms with Gasteiger partial charge in [-0.25, -0.2) is 0 Å². The van der Waals surface area contributed by atoms with Crippen molar-refractivity contribution in [3.8, 4) is 0 Å². The molecule has 2 rings (SSSR count). The first-order valence-electron chi connectivity index (χ1n) is 4.89. The second-order valence-electron chi connectivity index (χ2n) is 3.51. The van der Waals surface area contributed by atoms with E-state index in [-0.39, 0.29) is 0 Å². The van der Waals surface area contributed by atoms with Crippen molar-refractivity contribution < 1.29 is 14.5 Å². The molecular formula is C10H11BN2O3. The summed E-state index contributed by atoms with van der Waals surface area (Å²) >= 11 is 0. The van der Waals surface area contributed by atoms with Crippen molar-refractivity contribution >= 4 is 12.6 Å². The van der Waals surface area contributed by atoms with Crippen LogP contribution in [0.1, 0.15) is 17.3 Å². The fraction of sp³-hybridized carbons (Fsp3) is 0.200. The molecule has 1 aromatic heterocycles. The standard InChI is InChI=1S/C10H11BN2O3/c1-7-12-13-10(16-7)6-8-3-2-4-9(5-8)11(14)15/h2-5,14-15H,6H2,1H3. The molecule has 2 aromatic rings. The summed E-state index contributed by atoms with van der Waals surface area (Å²) in [4.78, 5) is 0. The summed E-state index contributed by atoms with van der Waals surface area (Å²) in [5.74, 6) is 1.04. The smallest absolute Gasteiger partial charge is 0.425 e. The molecule has 0 aliphatic rings. The molecule has 0 radical (unpaired) electrons. The number of nitrogens with zero attached hydrogens (tertiary/aromatic N) is 2. The zero-order chi connectivity index (χ0) is 11.5. The second-order valence-corrected chi connectivity index (χ2v) is 3.51. The SMILES string of the molecule is Cc1nnc(Cc2cccc(B(O)O)c2)o1. The Morgan fingerprint density at radius 3 is 2.75 bits per heavy atom. The van der Waals surface area contributed by atoms with E-state index >= 15 is 0 Å². The number of hydrogen-bond donors (Lipinski definition) is 2. The monoisotopic (exact) mass is 218 g/mol. The minimum Gasteiger partial charge on any atom is -0.425 e. The topological polar surface area (TPSA) is 79.4 Å². The number of aromatic nitrogens is 2. The summed E-state index contributed by atoms with van der Waals surface area (Å²) in [6.07, 6.45) is 0.487. The summed E-state index contributed by atoms with van der Waals surface area (Å²) in [5.41, 5.74) is 1.35. The van der Waals surface area contributed by atoms with E-state index in [1.165, 1.54) is 0 Å². The van der Waals surface area contributed by atoms with E-state index in [4.69, 9.17) is 14.5 Å². The molecule has 82 valence electrons. The maximum atomic E-state index is 9.02. The molecule has 0 aliphatic heterocycles. The molecule has 0 atom stereocenters. The number of hydrogen-bond acceptors (Lipinski definition) is 5. The third-order valence-electron chi connectivity index (χ3n) is 2.17. The number of benzene rings is 1. The largest absolute Gasteiger partial charge is 0.488 e. The van der Waals surface area contributed by atoms with Crippen LogP contribution in [0.4, 0.5) is 0 Å². The minimum atomic E-state index is -1.45. The molecule has 1 heterocycles. The van der Waals surface area contributed by atoms with Crippen LogP contribution < -0.4 is 5.46 Å². The summed E-state index contributed by atoms with van der Waals surface area (Å²) in [5, 5.41) is 25.6. The molecule has 0 unspecified atom stereocenters. The fourth-order valence-electron chi connectivity index (χ4n) is 1.45. The normalized spacial score (nSPS) is 10.4. The summed E-state index contributed by atoms with van der Waals surface area (Å²) in [7, 11) is -1.45. The molecule has 0 spiro atoms. The summed E-state index contributed by atoms with van der Waals surface area (Å²) < 4.78 is 5.24. The van der Waals surface area contributed by atoms with Gasteiger partial charge in [0.15, 0.2) is 0 Å². The highest BCUT2D eigenvalue weighted by atomic mass is 16.4. The van der Waals surface area contributed by atoms with Crippen molar-refractivity contribution in [3.63, 3.8) is 0 Å². The maximum Gasteiger partial charge on any atom is 0.488 e. The molecular weight excluding hydrogens is 207 g/mol. The minimum absolute atomic E-state index is 0.453. The molecule has 2 N–H and O–H groups in total. The Hall–Kier alpha value is -1.66. The quantitative estimate of drug-likeness (QED) is 0.688. The molecule has 6 heteroatoms. The first-order chi connectivity index (χ1) is 7.65. The lowest BCUT2D eigenvalue weighted by Gasteiger charge is -2.01. The third-order valence-corrected chi connectivity index (χ3v) is 2.17. The van der Waals surface area contributed by atoms with Gasteiger partial charge in [0.25, 0.3) is 0 Å². The van der Waals surface area contributed by atoms with Crippen molar-refractivity contribution in [3.05, 3.63) is 41.6 Å².